The molecule has 1 aliphatic heterocycles. The van der Waals surface area contributed by atoms with Crippen LogP contribution in [0.2, 0.25) is 0 Å². The van der Waals surface area contributed by atoms with Gasteiger partial charge in [-0.25, -0.2) is 14.8 Å². The van der Waals surface area contributed by atoms with Crippen molar-refractivity contribution in [2.45, 2.75) is 96.1 Å². The highest BCUT2D eigenvalue weighted by molar-refractivity contribution is 6.03. The zero-order chi connectivity index (χ0) is 44.7. The van der Waals surface area contributed by atoms with Crippen molar-refractivity contribution in [2.75, 3.05) is 63.7 Å². The Morgan fingerprint density at radius 3 is 2.55 bits per heavy atom. The van der Waals surface area contributed by atoms with E-state index >= 15 is 0 Å². The number of rotatable bonds is 21. The van der Waals surface area contributed by atoms with Gasteiger partial charge in [-0.15, -0.1) is 0 Å². The zero-order valence-electron chi connectivity index (χ0n) is 37.5. The molecule has 2 saturated carbocycles. The molecular weight excluding hydrogens is 817 g/mol. The molecule has 3 aliphatic rings. The van der Waals surface area contributed by atoms with Crippen LogP contribution < -0.4 is 21.6 Å². The predicted octanol–water partition coefficient (Wildman–Crippen LogP) is 6.09. The maximum absolute atomic E-state index is 13.4. The molecule has 3 fully saturated rings. The lowest BCUT2D eigenvalue weighted by molar-refractivity contribution is -0.135. The molecule has 1 aromatic carbocycles. The second-order valence-corrected chi connectivity index (χ2v) is 18.0. The van der Waals surface area contributed by atoms with Crippen LogP contribution in [-0.4, -0.2) is 105 Å². The fourth-order valence-electron chi connectivity index (χ4n) is 9.03. The second kappa shape index (κ2) is 20.5. The number of likely N-dealkylation sites (N-methyl/N-ethyl adjacent to an activating group) is 1. The highest BCUT2D eigenvalue weighted by Crippen LogP contribution is 2.35. The van der Waals surface area contributed by atoms with Crippen molar-refractivity contribution in [3.05, 3.63) is 76.4 Å². The number of imidazole rings is 1. The molecule has 0 spiro atoms. The summed E-state index contributed by atoms with van der Waals surface area (Å²) in [5, 5.41) is 13.8. The number of pyridine rings is 1. The van der Waals surface area contributed by atoms with E-state index in [0.29, 0.717) is 55.9 Å². The van der Waals surface area contributed by atoms with E-state index in [1.165, 1.54) is 23.7 Å². The Hall–Kier alpha value is -5.65. The Labute approximate surface area is 373 Å². The lowest BCUT2D eigenvalue weighted by Crippen LogP contribution is -2.44. The smallest absolute Gasteiger partial charge is 0.329 e. The van der Waals surface area contributed by atoms with Crippen molar-refractivity contribution >= 4 is 40.3 Å². The molecule has 0 radical (unpaired) electrons. The number of nitrogens with zero attached hydrogens (tertiary/aromatic N) is 7. The van der Waals surface area contributed by atoms with Gasteiger partial charge in [0.15, 0.2) is 5.69 Å². The van der Waals surface area contributed by atoms with Gasteiger partial charge in [0.25, 0.3) is 5.91 Å². The number of aromatic nitrogens is 6. The van der Waals surface area contributed by atoms with Crippen LogP contribution in [-0.2, 0) is 32.5 Å². The lowest BCUT2D eigenvalue weighted by atomic mass is 9.86. The van der Waals surface area contributed by atoms with Gasteiger partial charge in [0.1, 0.15) is 18.1 Å². The Bertz CT molecular complexity index is 2470. The lowest BCUT2D eigenvalue weighted by Gasteiger charge is -2.31. The quantitative estimate of drug-likeness (QED) is 0.0569. The van der Waals surface area contributed by atoms with Crippen LogP contribution in [0.5, 0.6) is 0 Å². The predicted molar refractivity (Wildman–Crippen MR) is 242 cm³/mol. The van der Waals surface area contributed by atoms with Gasteiger partial charge in [0, 0.05) is 57.7 Å². The first-order valence-corrected chi connectivity index (χ1v) is 22.9. The standard InChI is InChI=1S/C47H62N10O7/c1-30(2)42-36(50-44(59)37-29-64-46(51-37)34-18-19-48-40(25-34)49-26-31-10-11-31)28-56(53-42)35-14-12-32(13-15-35)27-54(3)20-22-63-24-23-62-21-6-8-33-7-5-9-38-43(33)55(4)47(61)57(38)39-16-17-41(58)52-45(39)60/h5,7,9,18-19,25,28-32,35,39H,6,8,10-17,20-24,26-27H2,1-4H3,(H,48,49)(H,50,59)(H,52,58,60)/t32-,35-,39?. The van der Waals surface area contributed by atoms with Crippen molar-refractivity contribution in [3.8, 4) is 11.5 Å². The molecule has 17 heteroatoms. The number of fused-ring (bicyclic) bond motifs is 1. The van der Waals surface area contributed by atoms with Crippen molar-refractivity contribution in [3.63, 3.8) is 0 Å². The summed E-state index contributed by atoms with van der Waals surface area (Å²) in [7, 11) is 3.88. The van der Waals surface area contributed by atoms with Gasteiger partial charge in [0.05, 0.1) is 48.3 Å². The topological polar surface area (TPSA) is 193 Å². The minimum atomic E-state index is -0.700. The van der Waals surface area contributed by atoms with Crippen molar-refractivity contribution in [1.29, 1.82) is 0 Å². The molecule has 0 bridgehead atoms. The van der Waals surface area contributed by atoms with E-state index in [-0.39, 0.29) is 41.6 Å². The maximum Gasteiger partial charge on any atom is 0.329 e. The van der Waals surface area contributed by atoms with Gasteiger partial charge in [0.2, 0.25) is 17.7 Å². The number of carbonyl (C=O) groups is 3. The zero-order valence-corrected chi connectivity index (χ0v) is 37.5. The normalized spacial score (nSPS) is 19.2. The van der Waals surface area contributed by atoms with Crippen LogP contribution in [0.1, 0.15) is 111 Å². The first kappa shape index (κ1) is 44.9. The number of oxazole rings is 1. The fraction of sp³-hybridized carbons (Fsp3) is 0.553. The number of imide groups is 1. The van der Waals surface area contributed by atoms with Crippen molar-refractivity contribution in [2.24, 2.45) is 18.9 Å². The first-order chi connectivity index (χ1) is 31.0. The molecule has 3 N–H and O–H groups in total. The summed E-state index contributed by atoms with van der Waals surface area (Å²) in [6.45, 7) is 9.15. The SMILES string of the molecule is CC(C)c1nn([C@H]2CC[C@H](CN(C)CCOCCOCCCc3cccc4c3n(C)c(=O)n4C3CCC(=O)NC3=O)CC2)cc1NC(=O)c1coc(-c2ccnc(NCC3CC3)c2)n1. The largest absolute Gasteiger partial charge is 0.444 e. The number of ether oxygens (including phenoxy) is 2. The van der Waals surface area contributed by atoms with Gasteiger partial charge >= 0.3 is 5.69 Å². The first-order valence-electron chi connectivity index (χ1n) is 22.9. The minimum absolute atomic E-state index is 0.127. The van der Waals surface area contributed by atoms with Crippen LogP contribution in [0.25, 0.3) is 22.5 Å². The number of hydrogen-bond acceptors (Lipinski definition) is 12. The molecular formula is C47H62N10O7. The van der Waals surface area contributed by atoms with E-state index in [9.17, 15) is 19.2 Å². The molecule has 342 valence electrons. The molecule has 5 heterocycles. The number of benzene rings is 1. The fourth-order valence-corrected chi connectivity index (χ4v) is 9.03. The summed E-state index contributed by atoms with van der Waals surface area (Å²) < 4.78 is 22.7. The van der Waals surface area contributed by atoms with Crippen LogP contribution in [0.4, 0.5) is 11.5 Å². The minimum Gasteiger partial charge on any atom is -0.444 e. The summed E-state index contributed by atoms with van der Waals surface area (Å²) in [5.74, 6) is 1.52. The number of hydrogen-bond donors (Lipinski definition) is 3. The molecule has 5 aromatic rings. The van der Waals surface area contributed by atoms with E-state index in [1.54, 1.807) is 17.8 Å². The van der Waals surface area contributed by atoms with E-state index < -0.39 is 11.9 Å². The van der Waals surface area contributed by atoms with Gasteiger partial charge in [-0.2, -0.15) is 5.10 Å². The molecule has 8 rings (SSSR count). The highest BCUT2D eigenvalue weighted by atomic mass is 16.5. The average Bonchev–Trinajstić information content (AvgIpc) is 3.69. The summed E-state index contributed by atoms with van der Waals surface area (Å²) in [5.41, 5.74) is 4.79. The summed E-state index contributed by atoms with van der Waals surface area (Å²) in [6.07, 6.45) is 13.9. The molecule has 3 amide bonds. The Morgan fingerprint density at radius 2 is 1.78 bits per heavy atom. The number of para-hydroxylation sites is 1. The third-order valence-electron chi connectivity index (χ3n) is 12.8. The highest BCUT2D eigenvalue weighted by Gasteiger charge is 2.32. The summed E-state index contributed by atoms with van der Waals surface area (Å²) in [4.78, 5) is 62.1. The summed E-state index contributed by atoms with van der Waals surface area (Å²) in [6, 6.07) is 9.07. The molecule has 64 heavy (non-hydrogen) atoms. The third kappa shape index (κ3) is 10.8. The third-order valence-corrected chi connectivity index (χ3v) is 12.8. The van der Waals surface area contributed by atoms with Crippen LogP contribution in [0.3, 0.4) is 0 Å². The Balaban J connectivity index is 0.720. The summed E-state index contributed by atoms with van der Waals surface area (Å²) >= 11 is 0. The van der Waals surface area contributed by atoms with Gasteiger partial charge in [-0.3, -0.25) is 33.5 Å². The van der Waals surface area contributed by atoms with Gasteiger partial charge in [-0.05, 0) is 106 Å². The Morgan fingerprint density at radius 1 is 1.00 bits per heavy atom. The number of piperidine rings is 1. The number of carbonyl (C=O) groups excluding carboxylic acids is 3. The number of anilines is 2. The van der Waals surface area contributed by atoms with Crippen LogP contribution in [0, 0.1) is 11.8 Å². The van der Waals surface area contributed by atoms with Crippen LogP contribution >= 0.6 is 0 Å². The number of nitrogens with one attached hydrogen (secondary N) is 3. The number of amides is 3. The Kier molecular flexibility index (Phi) is 14.4. The molecule has 17 nitrogen and oxygen atoms in total. The molecule has 1 unspecified atom stereocenters. The van der Waals surface area contributed by atoms with Gasteiger partial charge < -0.3 is 29.4 Å². The molecule has 4 aromatic heterocycles. The van der Waals surface area contributed by atoms with Crippen LogP contribution in [0.15, 0.2) is 58.2 Å². The molecule has 2 aliphatic carbocycles. The number of aryl methyl sites for hydroxylation is 2. The van der Waals surface area contributed by atoms with E-state index in [1.807, 2.05) is 36.5 Å². The molecule has 1 saturated heterocycles. The van der Waals surface area contributed by atoms with E-state index in [2.05, 4.69) is 56.4 Å². The maximum atomic E-state index is 13.4. The average molecular weight is 879 g/mol. The van der Waals surface area contributed by atoms with E-state index in [4.69, 9.17) is 19.0 Å². The van der Waals surface area contributed by atoms with Crippen molar-refractivity contribution < 1.29 is 28.3 Å². The second-order valence-electron chi connectivity index (χ2n) is 18.0. The van der Waals surface area contributed by atoms with Gasteiger partial charge in [-0.1, -0.05) is 26.0 Å². The monoisotopic (exact) mass is 878 g/mol. The molecule has 1 atom stereocenters. The van der Waals surface area contributed by atoms with Crippen molar-refractivity contribution in [1.82, 2.24) is 39.1 Å². The van der Waals surface area contributed by atoms with E-state index in [0.717, 1.165) is 92.2 Å².